The first-order chi connectivity index (χ1) is 5.95. The molecule has 14 heavy (non-hydrogen) atoms. The summed E-state index contributed by atoms with van der Waals surface area (Å²) in [7, 11) is -1.17. The Morgan fingerprint density at radius 2 is 1.93 bits per heavy atom. The molecule has 0 aromatic heterocycles. The van der Waals surface area contributed by atoms with Gasteiger partial charge in [-0.25, -0.2) is 0 Å². The Labute approximate surface area is 103 Å². The van der Waals surface area contributed by atoms with Gasteiger partial charge in [0.25, 0.3) is 0 Å². The van der Waals surface area contributed by atoms with Crippen molar-refractivity contribution in [3.05, 3.63) is 18.6 Å². The third kappa shape index (κ3) is 12.0. The first kappa shape index (κ1) is 16.4. The van der Waals surface area contributed by atoms with Crippen LogP contribution in [0.2, 0.25) is 19.6 Å². The van der Waals surface area contributed by atoms with Crippen LogP contribution in [0.4, 0.5) is 0 Å². The van der Waals surface area contributed by atoms with Gasteiger partial charge in [-0.1, -0.05) is 38.6 Å². The molecule has 0 saturated carbocycles. The minimum Gasteiger partial charge on any atom is -0.332 e. The molecule has 0 atom stereocenters. The van der Waals surface area contributed by atoms with Crippen LogP contribution in [0.3, 0.4) is 0 Å². The van der Waals surface area contributed by atoms with Crippen LogP contribution >= 0.6 is 0 Å². The SMILES string of the molecule is C=CCCC[C-](C)C#C[Si](C)(C)C.[Li+]. The van der Waals surface area contributed by atoms with E-state index in [0.29, 0.717) is 0 Å². The average molecular weight is 200 g/mol. The van der Waals surface area contributed by atoms with E-state index in [0.717, 1.165) is 12.8 Å². The molecule has 0 aliphatic heterocycles. The van der Waals surface area contributed by atoms with Gasteiger partial charge in [0.15, 0.2) is 0 Å². The molecule has 0 aromatic carbocycles. The molecule has 0 N–H and O–H groups in total. The predicted octanol–water partition coefficient (Wildman–Crippen LogP) is 0.822. The van der Waals surface area contributed by atoms with E-state index in [4.69, 9.17) is 0 Å². The van der Waals surface area contributed by atoms with Crippen LogP contribution in [-0.4, -0.2) is 8.07 Å². The Bertz CT molecular complexity index is 205. The van der Waals surface area contributed by atoms with Gasteiger partial charge in [-0.05, 0) is 6.42 Å². The summed E-state index contributed by atoms with van der Waals surface area (Å²) in [5.74, 6) is 4.60. The first-order valence-corrected chi connectivity index (χ1v) is 8.42. The second-order valence-corrected chi connectivity index (χ2v) is 9.21. The molecule has 0 aliphatic rings. The van der Waals surface area contributed by atoms with Crippen LogP contribution in [0.5, 0.6) is 0 Å². The number of allylic oxidation sites excluding steroid dienone is 1. The Morgan fingerprint density at radius 1 is 1.36 bits per heavy atom. The second kappa shape index (κ2) is 8.31. The third-order valence-electron chi connectivity index (χ3n) is 1.61. The maximum absolute atomic E-state index is 3.70. The van der Waals surface area contributed by atoms with Gasteiger partial charge in [-0.2, -0.15) is 5.92 Å². The van der Waals surface area contributed by atoms with Gasteiger partial charge in [0.05, 0.1) is 0 Å². The van der Waals surface area contributed by atoms with Crippen molar-refractivity contribution in [1.82, 2.24) is 0 Å². The summed E-state index contributed by atoms with van der Waals surface area (Å²) in [6.07, 6.45) is 5.39. The maximum Gasteiger partial charge on any atom is 1.00 e. The fourth-order valence-electron chi connectivity index (χ4n) is 0.868. The van der Waals surface area contributed by atoms with Crippen LogP contribution in [-0.2, 0) is 0 Å². The molecular weight excluding hydrogens is 179 g/mol. The molecule has 0 radical (unpaired) electrons. The zero-order chi connectivity index (χ0) is 10.3. The molecule has 0 fully saturated rings. The van der Waals surface area contributed by atoms with Crippen LogP contribution in [0.1, 0.15) is 26.2 Å². The molecule has 0 rings (SSSR count). The number of hydrogen-bond acceptors (Lipinski definition) is 0. The van der Waals surface area contributed by atoms with E-state index < -0.39 is 8.07 Å². The van der Waals surface area contributed by atoms with Crippen molar-refractivity contribution in [3.63, 3.8) is 0 Å². The van der Waals surface area contributed by atoms with Crippen molar-refractivity contribution in [3.8, 4) is 11.5 Å². The minimum absolute atomic E-state index is 0. The number of rotatable bonds is 4. The summed E-state index contributed by atoms with van der Waals surface area (Å²) in [5.41, 5.74) is 3.37. The van der Waals surface area contributed by atoms with E-state index in [1.165, 1.54) is 12.3 Å². The van der Waals surface area contributed by atoms with E-state index in [-0.39, 0.29) is 18.9 Å². The molecule has 0 nitrogen and oxygen atoms in total. The van der Waals surface area contributed by atoms with E-state index in [1.807, 2.05) is 6.08 Å². The van der Waals surface area contributed by atoms with Crippen LogP contribution in [0.25, 0.3) is 0 Å². The monoisotopic (exact) mass is 200 g/mol. The van der Waals surface area contributed by atoms with Crippen LogP contribution in [0.15, 0.2) is 12.7 Å². The summed E-state index contributed by atoms with van der Waals surface area (Å²) in [6.45, 7) is 12.7. The van der Waals surface area contributed by atoms with Gasteiger partial charge in [0, 0.05) is 8.07 Å². The fourth-order valence-corrected chi connectivity index (χ4v) is 1.46. The maximum atomic E-state index is 3.70. The van der Waals surface area contributed by atoms with Crippen molar-refractivity contribution < 1.29 is 18.9 Å². The minimum atomic E-state index is -1.17. The first-order valence-electron chi connectivity index (χ1n) is 4.92. The topological polar surface area (TPSA) is 0 Å². The van der Waals surface area contributed by atoms with E-state index in [2.05, 4.69) is 44.6 Å². The fraction of sp³-hybridized carbons (Fsp3) is 0.583. The summed E-state index contributed by atoms with van der Waals surface area (Å²) >= 11 is 0. The largest absolute Gasteiger partial charge is 1.00 e. The van der Waals surface area contributed by atoms with E-state index >= 15 is 0 Å². The Morgan fingerprint density at radius 3 is 2.36 bits per heavy atom. The van der Waals surface area contributed by atoms with Gasteiger partial charge in [-0.15, -0.1) is 13.5 Å². The normalized spacial score (nSPS) is 9.43. The van der Waals surface area contributed by atoms with Crippen molar-refractivity contribution in [2.45, 2.75) is 45.8 Å². The van der Waals surface area contributed by atoms with Gasteiger partial charge in [0.2, 0.25) is 0 Å². The van der Waals surface area contributed by atoms with Gasteiger partial charge in [0.1, 0.15) is 0 Å². The quantitative estimate of drug-likeness (QED) is 0.207. The smallest absolute Gasteiger partial charge is 0.332 e. The summed E-state index contributed by atoms with van der Waals surface area (Å²) in [5, 5.41) is 0. The molecule has 0 unspecified atom stereocenters. The molecule has 74 valence electrons. The standard InChI is InChI=1S/C12H21Si.Li/c1-6-7-8-9-12(2)10-11-13(3,4)5;/h6H,1,7-9H2,2-5H3;/q-1;+1. The summed E-state index contributed by atoms with van der Waals surface area (Å²) in [6, 6.07) is 0. The van der Waals surface area contributed by atoms with Gasteiger partial charge < -0.3 is 5.54 Å². The Balaban J connectivity index is 0. The molecule has 0 aromatic rings. The zero-order valence-electron chi connectivity index (χ0n) is 10.4. The zero-order valence-corrected chi connectivity index (χ0v) is 11.4. The van der Waals surface area contributed by atoms with Crippen LogP contribution in [0, 0.1) is 17.4 Å². The Kier molecular flexibility index (Phi) is 9.74. The molecule has 2 heteroatoms. The molecule has 0 bridgehead atoms. The van der Waals surface area contributed by atoms with Crippen molar-refractivity contribution >= 4 is 8.07 Å². The van der Waals surface area contributed by atoms with Crippen molar-refractivity contribution in [1.29, 1.82) is 0 Å². The van der Waals surface area contributed by atoms with Crippen molar-refractivity contribution in [2.24, 2.45) is 0 Å². The number of hydrogen-bond donors (Lipinski definition) is 0. The van der Waals surface area contributed by atoms with Crippen molar-refractivity contribution in [2.75, 3.05) is 0 Å². The molecule has 0 aliphatic carbocycles. The number of unbranched alkanes of at least 4 members (excludes halogenated alkanes) is 1. The second-order valence-electron chi connectivity index (χ2n) is 4.46. The molecular formula is C12H21LiSi. The molecule has 0 saturated heterocycles. The van der Waals surface area contributed by atoms with Gasteiger partial charge in [-0.3, -0.25) is 5.92 Å². The van der Waals surface area contributed by atoms with E-state index in [9.17, 15) is 0 Å². The molecule has 0 heterocycles. The van der Waals surface area contributed by atoms with Gasteiger partial charge >= 0.3 is 18.9 Å². The summed E-state index contributed by atoms with van der Waals surface area (Å²) in [4.78, 5) is 0. The summed E-state index contributed by atoms with van der Waals surface area (Å²) < 4.78 is 0. The van der Waals surface area contributed by atoms with Crippen LogP contribution < -0.4 is 18.9 Å². The van der Waals surface area contributed by atoms with E-state index in [1.54, 1.807) is 0 Å². The third-order valence-corrected chi connectivity index (χ3v) is 2.49. The predicted molar refractivity (Wildman–Crippen MR) is 64.1 cm³/mol. The Hall–Kier alpha value is -0.0157. The molecule has 0 spiro atoms. The average Bonchev–Trinajstić information content (AvgIpc) is 2.00. The molecule has 0 amide bonds.